The van der Waals surface area contributed by atoms with E-state index in [0.717, 1.165) is 35.2 Å². The number of ether oxygens (including phenoxy) is 1. The molecule has 2 amide bonds. The highest BCUT2D eigenvalue weighted by Gasteiger charge is 2.30. The summed E-state index contributed by atoms with van der Waals surface area (Å²) < 4.78 is 43.3. The van der Waals surface area contributed by atoms with E-state index in [4.69, 9.17) is 16.3 Å². The number of thioether (sulfide) groups is 1. The van der Waals surface area contributed by atoms with Gasteiger partial charge in [0.15, 0.2) is 4.34 Å². The first kappa shape index (κ1) is 23.8. The average molecular weight is 503 g/mol. The van der Waals surface area contributed by atoms with Crippen LogP contribution >= 0.6 is 34.7 Å². The van der Waals surface area contributed by atoms with Crippen LogP contribution in [-0.2, 0) is 11.0 Å². The van der Waals surface area contributed by atoms with Gasteiger partial charge in [0.25, 0.3) is 5.91 Å². The van der Waals surface area contributed by atoms with Crippen molar-refractivity contribution >= 4 is 57.3 Å². The first-order valence-electron chi connectivity index (χ1n) is 8.74. The predicted molar refractivity (Wildman–Crippen MR) is 117 cm³/mol. The molecule has 13 heteroatoms. The largest absolute Gasteiger partial charge is 0.496 e. The second-order valence-corrected chi connectivity index (χ2v) is 8.72. The molecule has 0 atom stereocenters. The first-order valence-corrected chi connectivity index (χ1v) is 10.9. The van der Waals surface area contributed by atoms with Gasteiger partial charge in [0.2, 0.25) is 11.0 Å². The van der Waals surface area contributed by atoms with Gasteiger partial charge in [-0.1, -0.05) is 34.7 Å². The van der Waals surface area contributed by atoms with E-state index in [0.29, 0.717) is 15.1 Å². The van der Waals surface area contributed by atoms with Crippen LogP contribution in [0.4, 0.5) is 24.0 Å². The maximum absolute atomic E-state index is 12.6. The number of halogens is 4. The molecule has 1 heterocycles. The summed E-state index contributed by atoms with van der Waals surface area (Å²) in [6, 6.07) is 8.73. The topological polar surface area (TPSA) is 93.2 Å². The normalized spacial score (nSPS) is 11.2. The Balaban J connectivity index is 1.53. The number of benzene rings is 2. The zero-order valence-corrected chi connectivity index (χ0v) is 18.6. The van der Waals surface area contributed by atoms with E-state index in [-0.39, 0.29) is 22.1 Å². The van der Waals surface area contributed by atoms with Gasteiger partial charge < -0.3 is 10.1 Å². The van der Waals surface area contributed by atoms with E-state index in [1.54, 1.807) is 12.1 Å². The zero-order valence-electron chi connectivity index (χ0n) is 16.2. The van der Waals surface area contributed by atoms with E-state index in [1.165, 1.54) is 25.3 Å². The summed E-state index contributed by atoms with van der Waals surface area (Å²) in [5, 5.41) is 13.4. The lowest BCUT2D eigenvalue weighted by Crippen LogP contribution is -2.14. The molecule has 0 radical (unpaired) electrons. The Morgan fingerprint density at radius 2 is 1.84 bits per heavy atom. The highest BCUT2D eigenvalue weighted by Crippen LogP contribution is 2.30. The molecule has 0 fully saturated rings. The molecular formula is C19H14ClF3N4O3S2. The number of carbonyl (C=O) groups is 2. The van der Waals surface area contributed by atoms with Crippen LogP contribution in [0.15, 0.2) is 46.8 Å². The Labute approximate surface area is 193 Å². The minimum atomic E-state index is -4.44. The van der Waals surface area contributed by atoms with Crippen LogP contribution in [0.2, 0.25) is 5.02 Å². The summed E-state index contributed by atoms with van der Waals surface area (Å²) in [7, 11) is 1.43. The molecular weight excluding hydrogens is 489 g/mol. The molecule has 0 unspecified atom stereocenters. The molecule has 0 aliphatic rings. The zero-order chi connectivity index (χ0) is 23.3. The maximum atomic E-state index is 12.6. The van der Waals surface area contributed by atoms with Crippen molar-refractivity contribution in [1.82, 2.24) is 10.2 Å². The number of hydrogen-bond donors (Lipinski definition) is 2. The molecule has 2 aromatic carbocycles. The molecule has 168 valence electrons. The Hall–Kier alpha value is -2.83. The smallest absolute Gasteiger partial charge is 0.416 e. The second kappa shape index (κ2) is 10.2. The fraction of sp³-hybridized carbons (Fsp3) is 0.158. The van der Waals surface area contributed by atoms with Crippen molar-refractivity contribution in [2.75, 3.05) is 23.5 Å². The predicted octanol–water partition coefficient (Wildman–Crippen LogP) is 5.20. The summed E-state index contributed by atoms with van der Waals surface area (Å²) in [5.74, 6) is -0.631. The van der Waals surface area contributed by atoms with Crippen molar-refractivity contribution in [1.29, 1.82) is 0 Å². The second-order valence-electron chi connectivity index (χ2n) is 6.08. The summed E-state index contributed by atoms with van der Waals surface area (Å²) in [4.78, 5) is 24.5. The van der Waals surface area contributed by atoms with Crippen LogP contribution in [0.3, 0.4) is 0 Å². The summed E-state index contributed by atoms with van der Waals surface area (Å²) in [6.07, 6.45) is -4.44. The number of nitrogens with one attached hydrogen (secondary N) is 2. The van der Waals surface area contributed by atoms with Gasteiger partial charge in [0, 0.05) is 10.7 Å². The van der Waals surface area contributed by atoms with Gasteiger partial charge in [0.05, 0.1) is 24.0 Å². The molecule has 7 nitrogen and oxygen atoms in total. The fourth-order valence-corrected chi connectivity index (χ4v) is 4.13. The molecule has 0 bridgehead atoms. The molecule has 0 aliphatic heterocycles. The number of alkyl halides is 3. The standard InChI is InChI=1S/C19H14ClF3N4O3S2/c1-30-14-7-4-11(20)8-13(14)16(29)25-17-26-27-18(32-17)31-9-15(28)24-12-5-2-10(3-6-12)19(21,22)23/h2-8H,9H2,1H3,(H,24,28)(H,25,26,29). The average Bonchev–Trinajstić information content (AvgIpc) is 3.19. The lowest BCUT2D eigenvalue weighted by atomic mass is 10.2. The number of methoxy groups -OCH3 is 1. The third-order valence-corrected chi connectivity index (χ3v) is 6.06. The van der Waals surface area contributed by atoms with E-state index < -0.39 is 23.6 Å². The van der Waals surface area contributed by atoms with Crippen molar-refractivity contribution in [3.05, 3.63) is 58.6 Å². The lowest BCUT2D eigenvalue weighted by molar-refractivity contribution is -0.137. The summed E-state index contributed by atoms with van der Waals surface area (Å²) in [5.41, 5.74) is -0.340. The number of amides is 2. The molecule has 1 aromatic heterocycles. The van der Waals surface area contributed by atoms with Gasteiger partial charge in [-0.05, 0) is 42.5 Å². The minimum absolute atomic E-state index is 0.0499. The van der Waals surface area contributed by atoms with E-state index in [9.17, 15) is 22.8 Å². The minimum Gasteiger partial charge on any atom is -0.496 e. The monoisotopic (exact) mass is 502 g/mol. The van der Waals surface area contributed by atoms with Crippen LogP contribution in [-0.4, -0.2) is 34.9 Å². The van der Waals surface area contributed by atoms with Gasteiger partial charge in [-0.15, -0.1) is 10.2 Å². The third kappa shape index (κ3) is 6.34. The highest BCUT2D eigenvalue weighted by molar-refractivity contribution is 8.01. The van der Waals surface area contributed by atoms with Crippen molar-refractivity contribution < 1.29 is 27.5 Å². The SMILES string of the molecule is COc1ccc(Cl)cc1C(=O)Nc1nnc(SCC(=O)Nc2ccc(C(F)(F)F)cc2)s1. The van der Waals surface area contributed by atoms with Crippen molar-refractivity contribution in [3.63, 3.8) is 0 Å². The van der Waals surface area contributed by atoms with Crippen molar-refractivity contribution in [2.24, 2.45) is 0 Å². The molecule has 0 saturated heterocycles. The van der Waals surface area contributed by atoms with Gasteiger partial charge >= 0.3 is 6.18 Å². The molecule has 0 saturated carbocycles. The van der Waals surface area contributed by atoms with Gasteiger partial charge in [-0.25, -0.2) is 0 Å². The summed E-state index contributed by atoms with van der Waals surface area (Å²) >= 11 is 8.05. The maximum Gasteiger partial charge on any atom is 0.416 e. The highest BCUT2D eigenvalue weighted by atomic mass is 35.5. The number of rotatable bonds is 7. The molecule has 0 spiro atoms. The van der Waals surface area contributed by atoms with Gasteiger partial charge in [0.1, 0.15) is 5.75 Å². The Morgan fingerprint density at radius 3 is 2.50 bits per heavy atom. The van der Waals surface area contributed by atoms with Crippen molar-refractivity contribution in [3.8, 4) is 5.75 Å². The molecule has 3 aromatic rings. The van der Waals surface area contributed by atoms with Gasteiger partial charge in [-0.2, -0.15) is 13.2 Å². The fourth-order valence-electron chi connectivity index (χ4n) is 2.41. The van der Waals surface area contributed by atoms with Gasteiger partial charge in [-0.3, -0.25) is 14.9 Å². The molecule has 3 rings (SSSR count). The van der Waals surface area contributed by atoms with E-state index in [1.807, 2.05) is 0 Å². The number of nitrogens with zero attached hydrogens (tertiary/aromatic N) is 2. The Kier molecular flexibility index (Phi) is 7.59. The van der Waals surface area contributed by atoms with Crippen LogP contribution in [0.25, 0.3) is 0 Å². The van der Waals surface area contributed by atoms with Crippen LogP contribution < -0.4 is 15.4 Å². The Morgan fingerprint density at radius 1 is 1.12 bits per heavy atom. The summed E-state index contributed by atoms with van der Waals surface area (Å²) in [6.45, 7) is 0. The van der Waals surface area contributed by atoms with Crippen LogP contribution in [0, 0.1) is 0 Å². The Bertz CT molecular complexity index is 1120. The number of anilines is 2. The molecule has 32 heavy (non-hydrogen) atoms. The number of aromatic nitrogens is 2. The van der Waals surface area contributed by atoms with Crippen LogP contribution in [0.5, 0.6) is 5.75 Å². The van der Waals surface area contributed by atoms with Crippen LogP contribution in [0.1, 0.15) is 15.9 Å². The van der Waals surface area contributed by atoms with Crippen molar-refractivity contribution in [2.45, 2.75) is 10.5 Å². The number of hydrogen-bond acceptors (Lipinski definition) is 7. The van der Waals surface area contributed by atoms with E-state index >= 15 is 0 Å². The lowest BCUT2D eigenvalue weighted by Gasteiger charge is -2.08. The quantitative estimate of drug-likeness (QED) is 0.340. The molecule has 0 aliphatic carbocycles. The molecule has 2 N–H and O–H groups in total. The first-order chi connectivity index (χ1) is 15.2. The third-order valence-electron chi connectivity index (χ3n) is 3.86. The number of carbonyl (C=O) groups excluding carboxylic acids is 2. The van der Waals surface area contributed by atoms with E-state index in [2.05, 4.69) is 20.8 Å².